The van der Waals surface area contributed by atoms with E-state index in [1.54, 1.807) is 12.1 Å². The molecule has 43 heavy (non-hydrogen) atoms. The van der Waals surface area contributed by atoms with Gasteiger partial charge in [0.2, 0.25) is 0 Å². The summed E-state index contributed by atoms with van der Waals surface area (Å²) in [5.41, 5.74) is 1.31. The van der Waals surface area contributed by atoms with Crippen LogP contribution in [-0.4, -0.2) is 38.7 Å². The Kier molecular flexibility index (Phi) is 9.07. The van der Waals surface area contributed by atoms with Gasteiger partial charge in [0.25, 0.3) is 11.8 Å². The van der Waals surface area contributed by atoms with Crippen molar-refractivity contribution in [2.75, 3.05) is 25.7 Å². The SMILES string of the molecule is CCOc1cc(/C=C2\C(=O)NC(=O)N(c3cc(OC)c(Cl)cc3OC)C2=O)cc(I)c1OCc1cccc2ccccc12. The Balaban J connectivity index is 1.49. The number of barbiturate groups is 1. The number of benzene rings is 4. The third-order valence-electron chi connectivity index (χ3n) is 6.69. The molecule has 11 heteroatoms. The number of fused-ring (bicyclic) bond motifs is 1. The van der Waals surface area contributed by atoms with Gasteiger partial charge in [0.05, 0.1) is 35.1 Å². The summed E-state index contributed by atoms with van der Waals surface area (Å²) < 4.78 is 23.5. The van der Waals surface area contributed by atoms with Crippen molar-refractivity contribution in [3.05, 3.63) is 92.0 Å². The van der Waals surface area contributed by atoms with Crippen molar-refractivity contribution < 1.29 is 33.3 Å². The maximum Gasteiger partial charge on any atom is 0.336 e. The van der Waals surface area contributed by atoms with Gasteiger partial charge in [-0.15, -0.1) is 0 Å². The molecule has 0 spiro atoms. The third kappa shape index (κ3) is 6.11. The number of halogens is 2. The topological polar surface area (TPSA) is 103 Å². The van der Waals surface area contributed by atoms with Crippen LogP contribution in [0.15, 0.2) is 72.3 Å². The van der Waals surface area contributed by atoms with Gasteiger partial charge in [-0.3, -0.25) is 14.9 Å². The van der Waals surface area contributed by atoms with Crippen LogP contribution in [0, 0.1) is 3.57 Å². The zero-order valence-electron chi connectivity index (χ0n) is 23.4. The number of methoxy groups -OCH3 is 2. The van der Waals surface area contributed by atoms with Gasteiger partial charge in [0.1, 0.15) is 23.7 Å². The van der Waals surface area contributed by atoms with Crippen LogP contribution >= 0.6 is 34.2 Å². The molecule has 1 fully saturated rings. The van der Waals surface area contributed by atoms with Crippen molar-refractivity contribution in [3.8, 4) is 23.0 Å². The molecular formula is C32H26ClIN2O7. The highest BCUT2D eigenvalue weighted by molar-refractivity contribution is 14.1. The van der Waals surface area contributed by atoms with E-state index in [1.165, 1.54) is 32.4 Å². The number of carbonyl (C=O) groups is 3. The Morgan fingerprint density at radius 2 is 1.65 bits per heavy atom. The molecule has 1 aliphatic rings. The zero-order valence-corrected chi connectivity index (χ0v) is 26.3. The second-order valence-electron chi connectivity index (χ2n) is 9.31. The van der Waals surface area contributed by atoms with Gasteiger partial charge in [-0.25, -0.2) is 9.69 Å². The largest absolute Gasteiger partial charge is 0.495 e. The first-order valence-corrected chi connectivity index (χ1v) is 14.6. The average molecular weight is 713 g/mol. The number of amides is 4. The fraction of sp³-hybridized carbons (Fsp3) is 0.156. The number of imide groups is 2. The maximum absolute atomic E-state index is 13.6. The standard InChI is InChI=1S/C32H26ClIN2O7/c1-4-42-28-14-18(13-24(34)29(28)43-17-20-10-7-9-19-8-5-6-11-21(19)20)12-22-30(37)35-32(39)36(31(22)38)25-16-26(40-2)23(33)15-27(25)41-3/h5-16H,4,17H2,1-3H3,(H,35,37,39)/b22-12+. The summed E-state index contributed by atoms with van der Waals surface area (Å²) in [7, 11) is 2.77. The molecule has 1 saturated heterocycles. The van der Waals surface area contributed by atoms with E-state index in [1.807, 2.05) is 49.4 Å². The molecular weight excluding hydrogens is 687 g/mol. The lowest BCUT2D eigenvalue weighted by Gasteiger charge is -2.28. The molecule has 0 saturated carbocycles. The number of anilines is 1. The third-order valence-corrected chi connectivity index (χ3v) is 7.79. The summed E-state index contributed by atoms with van der Waals surface area (Å²) in [5.74, 6) is -0.343. The van der Waals surface area contributed by atoms with E-state index < -0.39 is 17.8 Å². The first-order valence-electron chi connectivity index (χ1n) is 13.1. The van der Waals surface area contributed by atoms with Gasteiger partial charge in [-0.05, 0) is 69.6 Å². The van der Waals surface area contributed by atoms with E-state index in [0.29, 0.717) is 33.8 Å². The van der Waals surface area contributed by atoms with Crippen LogP contribution in [-0.2, 0) is 16.2 Å². The van der Waals surface area contributed by atoms with Crippen molar-refractivity contribution in [1.29, 1.82) is 0 Å². The lowest BCUT2D eigenvalue weighted by molar-refractivity contribution is -0.122. The van der Waals surface area contributed by atoms with E-state index in [4.69, 9.17) is 30.5 Å². The molecule has 220 valence electrons. The van der Waals surface area contributed by atoms with Gasteiger partial charge < -0.3 is 18.9 Å². The Labute approximate surface area is 266 Å². The van der Waals surface area contributed by atoms with E-state index in [0.717, 1.165) is 21.2 Å². The first kappa shape index (κ1) is 30.2. The van der Waals surface area contributed by atoms with Crippen LogP contribution in [0.2, 0.25) is 5.02 Å². The quantitative estimate of drug-likeness (QED) is 0.116. The molecule has 4 amide bonds. The van der Waals surface area contributed by atoms with Gasteiger partial charge >= 0.3 is 6.03 Å². The monoisotopic (exact) mass is 712 g/mol. The Morgan fingerprint density at radius 3 is 2.40 bits per heavy atom. The Morgan fingerprint density at radius 1 is 0.907 bits per heavy atom. The number of nitrogens with zero attached hydrogens (tertiary/aromatic N) is 1. The van der Waals surface area contributed by atoms with Crippen molar-refractivity contribution in [2.24, 2.45) is 0 Å². The summed E-state index contributed by atoms with van der Waals surface area (Å²) >= 11 is 8.33. The number of carbonyl (C=O) groups excluding carboxylic acids is 3. The van der Waals surface area contributed by atoms with Gasteiger partial charge in [-0.1, -0.05) is 54.1 Å². The van der Waals surface area contributed by atoms with Crippen LogP contribution in [0.1, 0.15) is 18.1 Å². The molecule has 5 rings (SSSR count). The summed E-state index contributed by atoms with van der Waals surface area (Å²) in [6.45, 7) is 2.52. The lowest BCUT2D eigenvalue weighted by atomic mass is 10.1. The maximum atomic E-state index is 13.6. The number of hydrogen-bond donors (Lipinski definition) is 1. The smallest absolute Gasteiger partial charge is 0.336 e. The van der Waals surface area contributed by atoms with Crippen molar-refractivity contribution in [2.45, 2.75) is 13.5 Å². The second-order valence-corrected chi connectivity index (χ2v) is 10.9. The fourth-order valence-corrected chi connectivity index (χ4v) is 5.72. The lowest BCUT2D eigenvalue weighted by Crippen LogP contribution is -2.54. The minimum atomic E-state index is -0.934. The van der Waals surface area contributed by atoms with Crippen molar-refractivity contribution in [3.63, 3.8) is 0 Å². The Hall–Kier alpha value is -4.29. The highest BCUT2D eigenvalue weighted by Crippen LogP contribution is 2.40. The number of urea groups is 1. The molecule has 0 bridgehead atoms. The van der Waals surface area contributed by atoms with E-state index in [9.17, 15) is 14.4 Å². The van der Waals surface area contributed by atoms with Gasteiger partial charge in [0.15, 0.2) is 11.5 Å². The number of hydrogen-bond acceptors (Lipinski definition) is 7. The molecule has 0 atom stereocenters. The molecule has 4 aromatic carbocycles. The van der Waals surface area contributed by atoms with Crippen molar-refractivity contribution in [1.82, 2.24) is 5.32 Å². The van der Waals surface area contributed by atoms with E-state index >= 15 is 0 Å². The summed E-state index contributed by atoms with van der Waals surface area (Å²) in [6.07, 6.45) is 1.40. The van der Waals surface area contributed by atoms with E-state index in [2.05, 4.69) is 27.9 Å². The summed E-state index contributed by atoms with van der Waals surface area (Å²) in [5, 5.41) is 4.65. The minimum absolute atomic E-state index is 0.0615. The van der Waals surface area contributed by atoms with Crippen LogP contribution < -0.4 is 29.2 Å². The van der Waals surface area contributed by atoms with Gasteiger partial charge in [-0.2, -0.15) is 0 Å². The molecule has 1 heterocycles. The van der Waals surface area contributed by atoms with Crippen LogP contribution in [0.25, 0.3) is 16.8 Å². The predicted octanol–water partition coefficient (Wildman–Crippen LogP) is 6.76. The molecule has 0 aliphatic carbocycles. The highest BCUT2D eigenvalue weighted by atomic mass is 127. The average Bonchev–Trinajstić information content (AvgIpc) is 2.99. The van der Waals surface area contributed by atoms with Crippen LogP contribution in [0.5, 0.6) is 23.0 Å². The number of ether oxygens (including phenoxy) is 4. The minimum Gasteiger partial charge on any atom is -0.495 e. The molecule has 0 aromatic heterocycles. The number of nitrogens with one attached hydrogen (secondary N) is 1. The van der Waals surface area contributed by atoms with Crippen LogP contribution in [0.4, 0.5) is 10.5 Å². The summed E-state index contributed by atoms with van der Waals surface area (Å²) in [6, 6.07) is 19.5. The van der Waals surface area contributed by atoms with E-state index in [-0.39, 0.29) is 27.8 Å². The Bertz CT molecular complexity index is 1780. The van der Waals surface area contributed by atoms with Gasteiger partial charge in [0, 0.05) is 12.1 Å². The van der Waals surface area contributed by atoms with Crippen molar-refractivity contribution >= 4 is 74.6 Å². The summed E-state index contributed by atoms with van der Waals surface area (Å²) in [4.78, 5) is 40.2. The zero-order chi connectivity index (χ0) is 30.7. The molecule has 1 N–H and O–H groups in total. The number of rotatable bonds is 9. The predicted molar refractivity (Wildman–Crippen MR) is 172 cm³/mol. The first-order chi connectivity index (χ1) is 20.7. The molecule has 0 unspecified atom stereocenters. The fourth-order valence-electron chi connectivity index (χ4n) is 4.70. The molecule has 1 aliphatic heterocycles. The second kappa shape index (κ2) is 12.9. The molecule has 4 aromatic rings. The molecule has 9 nitrogen and oxygen atoms in total. The highest BCUT2D eigenvalue weighted by Gasteiger charge is 2.38. The van der Waals surface area contributed by atoms with Crippen LogP contribution in [0.3, 0.4) is 0 Å². The normalized spacial score (nSPS) is 14.2. The molecule has 0 radical (unpaired) electrons.